The van der Waals surface area contributed by atoms with Crippen LogP contribution in [0.25, 0.3) is 0 Å². The van der Waals surface area contributed by atoms with E-state index < -0.39 is 35.9 Å². The highest BCUT2D eigenvalue weighted by atomic mass is 16.6. The van der Waals surface area contributed by atoms with E-state index in [0.717, 1.165) is 19.8 Å². The van der Waals surface area contributed by atoms with Crippen LogP contribution in [-0.4, -0.2) is 49.1 Å². The summed E-state index contributed by atoms with van der Waals surface area (Å²) in [5.74, 6) is -3.46. The van der Waals surface area contributed by atoms with Crippen molar-refractivity contribution in [3.63, 3.8) is 0 Å². The second-order valence-electron chi connectivity index (χ2n) is 5.11. The quantitative estimate of drug-likeness (QED) is 0.595. The van der Waals surface area contributed by atoms with Crippen LogP contribution in [0.2, 0.25) is 0 Å². The van der Waals surface area contributed by atoms with Crippen molar-refractivity contribution in [1.29, 1.82) is 0 Å². The number of imide groups is 1. The summed E-state index contributed by atoms with van der Waals surface area (Å²) in [5, 5.41) is 0. The van der Waals surface area contributed by atoms with Crippen LogP contribution in [-0.2, 0) is 35.2 Å². The van der Waals surface area contributed by atoms with Crippen LogP contribution in [0.1, 0.15) is 12.0 Å². The predicted molar refractivity (Wildman–Crippen MR) is 79.4 cm³/mol. The van der Waals surface area contributed by atoms with E-state index in [1.54, 1.807) is 24.3 Å². The second kappa shape index (κ2) is 7.58. The Morgan fingerprint density at radius 1 is 1.08 bits per heavy atom. The van der Waals surface area contributed by atoms with Crippen molar-refractivity contribution in [3.8, 4) is 0 Å². The van der Waals surface area contributed by atoms with Crippen LogP contribution in [0, 0.1) is 5.92 Å². The lowest BCUT2D eigenvalue weighted by molar-refractivity contribution is -0.155. The number of ether oxygens (including phenoxy) is 3. The maximum Gasteiger partial charge on any atom is 0.417 e. The molecule has 0 radical (unpaired) electrons. The van der Waals surface area contributed by atoms with Gasteiger partial charge in [-0.25, -0.2) is 14.5 Å². The van der Waals surface area contributed by atoms with Crippen LogP contribution in [0.3, 0.4) is 0 Å². The Labute approximate surface area is 138 Å². The number of hydrogen-bond acceptors (Lipinski definition) is 7. The molecule has 24 heavy (non-hydrogen) atoms. The first-order valence-electron chi connectivity index (χ1n) is 7.18. The molecule has 1 saturated heterocycles. The average Bonchev–Trinajstić information content (AvgIpc) is 2.96. The number of rotatable bonds is 4. The zero-order chi connectivity index (χ0) is 17.7. The molecule has 0 spiro atoms. The molecule has 0 bridgehead atoms. The first-order valence-corrected chi connectivity index (χ1v) is 7.18. The smallest absolute Gasteiger partial charge is 0.417 e. The van der Waals surface area contributed by atoms with Crippen LogP contribution >= 0.6 is 0 Å². The standard InChI is InChI=1S/C16H17NO7/c1-22-14(19)11-8-12(18)17(13(11)15(20)23-2)16(21)24-9-10-6-4-3-5-7-10/h3-7,11,13H,8-9H2,1-2H3/t11-,13+/m1/s1. The summed E-state index contributed by atoms with van der Waals surface area (Å²) in [5.41, 5.74) is 0.719. The zero-order valence-corrected chi connectivity index (χ0v) is 13.3. The molecule has 0 aromatic heterocycles. The molecule has 0 aliphatic carbocycles. The Morgan fingerprint density at radius 2 is 1.71 bits per heavy atom. The molecule has 2 amide bonds. The van der Waals surface area contributed by atoms with E-state index in [-0.39, 0.29) is 13.0 Å². The average molecular weight is 335 g/mol. The van der Waals surface area contributed by atoms with Crippen molar-refractivity contribution in [2.24, 2.45) is 5.92 Å². The highest BCUT2D eigenvalue weighted by Crippen LogP contribution is 2.28. The molecule has 2 rings (SSSR count). The first-order chi connectivity index (χ1) is 11.5. The molecule has 0 N–H and O–H groups in total. The minimum absolute atomic E-state index is 0.0692. The van der Waals surface area contributed by atoms with Crippen LogP contribution in [0.4, 0.5) is 4.79 Å². The van der Waals surface area contributed by atoms with E-state index in [9.17, 15) is 19.2 Å². The molecule has 128 valence electrons. The number of esters is 2. The molecular formula is C16H17NO7. The first kappa shape index (κ1) is 17.5. The molecular weight excluding hydrogens is 318 g/mol. The highest BCUT2D eigenvalue weighted by Gasteiger charge is 2.52. The van der Waals surface area contributed by atoms with Crippen molar-refractivity contribution in [2.75, 3.05) is 14.2 Å². The number of carbonyl (C=O) groups is 4. The lowest BCUT2D eigenvalue weighted by Gasteiger charge is -2.22. The Bertz CT molecular complexity index is 643. The summed E-state index contributed by atoms with van der Waals surface area (Å²) in [6.07, 6.45) is -1.34. The number of carbonyl (C=O) groups excluding carboxylic acids is 4. The van der Waals surface area contributed by atoms with Crippen molar-refractivity contribution in [3.05, 3.63) is 35.9 Å². The summed E-state index contributed by atoms with van der Waals surface area (Å²) in [6.45, 7) is -0.0692. The molecule has 1 aliphatic heterocycles. The van der Waals surface area contributed by atoms with Gasteiger partial charge in [0.15, 0.2) is 6.04 Å². The molecule has 1 fully saturated rings. The van der Waals surface area contributed by atoms with Gasteiger partial charge in [0, 0.05) is 6.42 Å². The van der Waals surface area contributed by atoms with Crippen molar-refractivity contribution < 1.29 is 33.4 Å². The second-order valence-corrected chi connectivity index (χ2v) is 5.11. The number of nitrogens with zero attached hydrogens (tertiary/aromatic N) is 1. The van der Waals surface area contributed by atoms with Crippen LogP contribution in [0.15, 0.2) is 30.3 Å². The Hall–Kier alpha value is -2.90. The molecule has 1 aromatic carbocycles. The van der Waals surface area contributed by atoms with Gasteiger partial charge in [-0.1, -0.05) is 30.3 Å². The van der Waals surface area contributed by atoms with Gasteiger partial charge < -0.3 is 14.2 Å². The number of likely N-dealkylation sites (tertiary alicyclic amines) is 1. The van der Waals surface area contributed by atoms with E-state index in [1.165, 1.54) is 0 Å². The van der Waals surface area contributed by atoms with Gasteiger partial charge in [-0.3, -0.25) is 9.59 Å². The molecule has 8 nitrogen and oxygen atoms in total. The fourth-order valence-corrected chi connectivity index (χ4v) is 2.49. The molecule has 1 aromatic rings. The highest BCUT2D eigenvalue weighted by molar-refractivity contribution is 6.03. The van der Waals surface area contributed by atoms with Gasteiger partial charge in [-0.15, -0.1) is 0 Å². The number of hydrogen-bond donors (Lipinski definition) is 0. The third-order valence-corrected chi connectivity index (χ3v) is 3.67. The molecule has 1 heterocycles. The van der Waals surface area contributed by atoms with E-state index in [0.29, 0.717) is 4.90 Å². The zero-order valence-electron chi connectivity index (χ0n) is 13.3. The Kier molecular flexibility index (Phi) is 5.51. The molecule has 0 saturated carbocycles. The monoisotopic (exact) mass is 335 g/mol. The van der Waals surface area contributed by atoms with Gasteiger partial charge in [-0.2, -0.15) is 0 Å². The third-order valence-electron chi connectivity index (χ3n) is 3.67. The predicted octanol–water partition coefficient (Wildman–Crippen LogP) is 0.886. The minimum atomic E-state index is -1.39. The van der Waals surface area contributed by atoms with Crippen molar-refractivity contribution in [2.45, 2.75) is 19.1 Å². The SMILES string of the molecule is COC(=O)[C@@H]1[C@H](C(=O)OC)CC(=O)N1C(=O)OCc1ccccc1. The van der Waals surface area contributed by atoms with Gasteiger partial charge in [-0.05, 0) is 5.56 Å². The van der Waals surface area contributed by atoms with E-state index in [1.807, 2.05) is 6.07 Å². The summed E-state index contributed by atoms with van der Waals surface area (Å²) in [4.78, 5) is 48.7. The fourth-order valence-electron chi connectivity index (χ4n) is 2.49. The lowest BCUT2D eigenvalue weighted by Crippen LogP contribution is -2.47. The van der Waals surface area contributed by atoms with Crippen LogP contribution in [0.5, 0.6) is 0 Å². The molecule has 1 aliphatic rings. The summed E-state index contributed by atoms with van der Waals surface area (Å²) in [7, 11) is 2.24. The normalized spacial score (nSPS) is 19.8. The van der Waals surface area contributed by atoms with Crippen LogP contribution < -0.4 is 0 Å². The van der Waals surface area contributed by atoms with Gasteiger partial charge in [0.1, 0.15) is 6.61 Å². The number of benzene rings is 1. The van der Waals surface area contributed by atoms with Gasteiger partial charge in [0.2, 0.25) is 5.91 Å². The van der Waals surface area contributed by atoms with E-state index in [4.69, 9.17) is 4.74 Å². The van der Waals surface area contributed by atoms with Crippen molar-refractivity contribution in [1.82, 2.24) is 4.90 Å². The van der Waals surface area contributed by atoms with E-state index >= 15 is 0 Å². The molecule has 2 atom stereocenters. The number of amides is 2. The maximum absolute atomic E-state index is 12.2. The summed E-state index contributed by atoms with van der Waals surface area (Å²) in [6, 6.07) is 7.45. The van der Waals surface area contributed by atoms with Crippen molar-refractivity contribution >= 4 is 23.9 Å². The third kappa shape index (κ3) is 3.53. The molecule has 8 heteroatoms. The minimum Gasteiger partial charge on any atom is -0.469 e. The Balaban J connectivity index is 2.15. The van der Waals surface area contributed by atoms with Gasteiger partial charge in [0.25, 0.3) is 0 Å². The summed E-state index contributed by atoms with van der Waals surface area (Å²) < 4.78 is 14.3. The fraction of sp³-hybridized carbons (Fsp3) is 0.375. The lowest BCUT2D eigenvalue weighted by atomic mass is 10.0. The molecule has 0 unspecified atom stereocenters. The Morgan fingerprint density at radius 3 is 2.29 bits per heavy atom. The summed E-state index contributed by atoms with van der Waals surface area (Å²) >= 11 is 0. The number of methoxy groups -OCH3 is 2. The van der Waals surface area contributed by atoms with Gasteiger partial charge in [0.05, 0.1) is 20.1 Å². The largest absolute Gasteiger partial charge is 0.469 e. The maximum atomic E-state index is 12.2. The topological polar surface area (TPSA) is 99.2 Å². The van der Waals surface area contributed by atoms with E-state index in [2.05, 4.69) is 9.47 Å². The van der Waals surface area contributed by atoms with Gasteiger partial charge >= 0.3 is 18.0 Å².